The molecule has 2 atom stereocenters. The fourth-order valence-electron chi connectivity index (χ4n) is 4.65. The van der Waals surface area contributed by atoms with Gasteiger partial charge >= 0.3 is 5.92 Å². The van der Waals surface area contributed by atoms with Crippen molar-refractivity contribution in [2.45, 2.75) is 37.8 Å². The molecule has 37 heavy (non-hydrogen) atoms. The number of anilines is 2. The molecule has 0 aliphatic carbocycles. The first-order chi connectivity index (χ1) is 17.5. The fraction of sp³-hybridized carbons (Fsp3) is 0.346. The van der Waals surface area contributed by atoms with E-state index >= 15 is 0 Å². The number of nitrogens with zero attached hydrogens (tertiary/aromatic N) is 3. The van der Waals surface area contributed by atoms with Crippen LogP contribution in [0.5, 0.6) is 0 Å². The monoisotopic (exact) mass is 516 g/mol. The van der Waals surface area contributed by atoms with E-state index in [0.29, 0.717) is 29.4 Å². The van der Waals surface area contributed by atoms with Gasteiger partial charge in [0, 0.05) is 42.7 Å². The number of fused-ring (bicyclic) bond motifs is 3. The van der Waals surface area contributed by atoms with Crippen molar-refractivity contribution in [1.29, 1.82) is 0 Å². The summed E-state index contributed by atoms with van der Waals surface area (Å²) in [4.78, 5) is 22.1. The molecule has 4 heterocycles. The predicted molar refractivity (Wildman–Crippen MR) is 128 cm³/mol. The van der Waals surface area contributed by atoms with Crippen molar-refractivity contribution >= 4 is 17.3 Å². The average molecular weight is 516 g/mol. The number of morpholine rings is 1. The summed E-state index contributed by atoms with van der Waals surface area (Å²) in [6, 6.07) is 7.89. The minimum atomic E-state index is -3.42. The molecule has 1 aromatic carbocycles. The molecule has 1 saturated heterocycles. The third-order valence-electron chi connectivity index (χ3n) is 6.68. The Morgan fingerprint density at radius 3 is 2.76 bits per heavy atom. The first kappa shape index (κ1) is 25.1. The zero-order valence-electron chi connectivity index (χ0n) is 20.0. The standard InChI is InChI=1S/C26H24F4N4O3/c1-14-3-4-17(33-24(36)15-5-6-31-20(10-15)25(2,27)28)11-18(14)16-9-19-22(32-12-16)23(35)26(29,30)21-13-37-8-7-34(19)21/h3-6,9-12,21,23,35H,7-8,13H2,1-2H3,(H,33,36)/t21-,23-/m0/s1. The van der Waals surface area contributed by atoms with Gasteiger partial charge in [-0.15, -0.1) is 0 Å². The molecular formula is C26H24F4N4O3. The Hall–Kier alpha value is -3.57. The summed E-state index contributed by atoms with van der Waals surface area (Å²) in [6.07, 6.45) is 0.496. The number of aromatic nitrogens is 2. The highest BCUT2D eigenvalue weighted by Gasteiger charge is 2.56. The minimum absolute atomic E-state index is 0.0253. The van der Waals surface area contributed by atoms with Gasteiger partial charge in [-0.1, -0.05) is 6.07 Å². The molecule has 194 valence electrons. The number of ether oxygens (including phenoxy) is 1. The van der Waals surface area contributed by atoms with Crippen LogP contribution in [0.15, 0.2) is 48.8 Å². The first-order valence-electron chi connectivity index (χ1n) is 11.6. The Morgan fingerprint density at radius 1 is 1.22 bits per heavy atom. The van der Waals surface area contributed by atoms with E-state index in [4.69, 9.17) is 4.74 Å². The van der Waals surface area contributed by atoms with Crippen molar-refractivity contribution in [3.05, 3.63) is 71.3 Å². The number of amides is 1. The van der Waals surface area contributed by atoms with E-state index in [1.54, 1.807) is 24.3 Å². The number of benzene rings is 1. The number of carbonyl (C=O) groups excluding carboxylic acids is 1. The van der Waals surface area contributed by atoms with Crippen LogP contribution >= 0.6 is 0 Å². The number of nitrogens with one attached hydrogen (secondary N) is 1. The lowest BCUT2D eigenvalue weighted by atomic mass is 9.91. The van der Waals surface area contributed by atoms with Crippen LogP contribution in [0.2, 0.25) is 0 Å². The van der Waals surface area contributed by atoms with Crippen molar-refractivity contribution in [2.24, 2.45) is 0 Å². The molecule has 0 spiro atoms. The molecule has 0 radical (unpaired) electrons. The van der Waals surface area contributed by atoms with E-state index in [9.17, 15) is 27.5 Å². The Kier molecular flexibility index (Phi) is 6.15. The lowest BCUT2D eigenvalue weighted by Gasteiger charge is -2.47. The number of alkyl halides is 4. The average Bonchev–Trinajstić information content (AvgIpc) is 2.88. The molecule has 7 nitrogen and oxygen atoms in total. The maximum Gasteiger partial charge on any atom is 0.301 e. The van der Waals surface area contributed by atoms with Crippen LogP contribution < -0.4 is 10.2 Å². The molecule has 0 saturated carbocycles. The van der Waals surface area contributed by atoms with Crippen LogP contribution in [0.25, 0.3) is 11.1 Å². The molecule has 5 rings (SSSR count). The van der Waals surface area contributed by atoms with Gasteiger partial charge < -0.3 is 20.1 Å². The van der Waals surface area contributed by atoms with Crippen LogP contribution in [0, 0.1) is 6.92 Å². The molecular weight excluding hydrogens is 492 g/mol. The molecule has 2 aliphatic heterocycles. The number of aryl methyl sites for hydroxylation is 1. The summed E-state index contributed by atoms with van der Waals surface area (Å²) in [7, 11) is 0. The number of halogens is 4. The summed E-state index contributed by atoms with van der Waals surface area (Å²) in [6.45, 7) is 2.84. The van der Waals surface area contributed by atoms with E-state index in [2.05, 4.69) is 15.3 Å². The SMILES string of the molecule is Cc1ccc(NC(=O)c2ccnc(C(C)(F)F)c2)cc1-c1cnc2c(c1)N1CCOC[C@H]1C(F)(F)[C@H]2O. The zero-order valence-corrected chi connectivity index (χ0v) is 20.0. The van der Waals surface area contributed by atoms with Gasteiger partial charge in [0.25, 0.3) is 11.8 Å². The highest BCUT2D eigenvalue weighted by molar-refractivity contribution is 6.04. The Bertz CT molecular complexity index is 1360. The number of carbonyl (C=O) groups is 1. The van der Waals surface area contributed by atoms with Crippen molar-refractivity contribution in [1.82, 2.24) is 9.97 Å². The Labute approximate surface area is 210 Å². The molecule has 1 amide bonds. The highest BCUT2D eigenvalue weighted by atomic mass is 19.3. The zero-order chi connectivity index (χ0) is 26.5. The summed E-state index contributed by atoms with van der Waals surface area (Å²) < 4.78 is 62.1. The molecule has 0 unspecified atom stereocenters. The van der Waals surface area contributed by atoms with Crippen molar-refractivity contribution in [3.63, 3.8) is 0 Å². The third kappa shape index (κ3) is 4.53. The second kappa shape index (κ2) is 9.07. The summed E-state index contributed by atoms with van der Waals surface area (Å²) >= 11 is 0. The lowest BCUT2D eigenvalue weighted by molar-refractivity contribution is -0.153. The third-order valence-corrected chi connectivity index (χ3v) is 6.68. The van der Waals surface area contributed by atoms with Gasteiger partial charge in [0.1, 0.15) is 11.7 Å². The second-order valence-electron chi connectivity index (χ2n) is 9.29. The first-order valence-corrected chi connectivity index (χ1v) is 11.6. The minimum Gasteiger partial charge on any atom is -0.380 e. The van der Waals surface area contributed by atoms with E-state index in [-0.39, 0.29) is 31.0 Å². The van der Waals surface area contributed by atoms with Crippen LogP contribution in [0.3, 0.4) is 0 Å². The topological polar surface area (TPSA) is 87.6 Å². The largest absolute Gasteiger partial charge is 0.380 e. The van der Waals surface area contributed by atoms with Gasteiger partial charge in [-0.3, -0.25) is 14.8 Å². The highest BCUT2D eigenvalue weighted by Crippen LogP contribution is 2.47. The predicted octanol–water partition coefficient (Wildman–Crippen LogP) is 4.70. The quantitative estimate of drug-likeness (QED) is 0.489. The van der Waals surface area contributed by atoms with Gasteiger partial charge in [0.2, 0.25) is 0 Å². The normalized spacial score (nSPS) is 20.7. The summed E-state index contributed by atoms with van der Waals surface area (Å²) in [5.41, 5.74) is 2.33. The van der Waals surface area contributed by atoms with Crippen molar-refractivity contribution < 1.29 is 32.2 Å². The maximum absolute atomic E-state index is 14.8. The molecule has 11 heteroatoms. The van der Waals surface area contributed by atoms with Crippen LogP contribution in [0.1, 0.15) is 40.3 Å². The smallest absolute Gasteiger partial charge is 0.301 e. The molecule has 2 aromatic heterocycles. The van der Waals surface area contributed by atoms with Crippen LogP contribution in [0.4, 0.5) is 28.9 Å². The molecule has 2 aliphatic rings. The molecule has 3 aromatic rings. The summed E-state index contributed by atoms with van der Waals surface area (Å²) in [5, 5.41) is 13.1. The van der Waals surface area contributed by atoms with Crippen LogP contribution in [-0.2, 0) is 10.7 Å². The van der Waals surface area contributed by atoms with Gasteiger partial charge in [-0.25, -0.2) is 8.78 Å². The number of aliphatic hydroxyl groups is 1. The number of aliphatic hydroxyl groups excluding tert-OH is 1. The number of hydrogen-bond donors (Lipinski definition) is 2. The number of pyridine rings is 2. The van der Waals surface area contributed by atoms with Crippen LogP contribution in [-0.4, -0.2) is 52.7 Å². The van der Waals surface area contributed by atoms with Crippen molar-refractivity contribution in [2.75, 3.05) is 30.0 Å². The van der Waals surface area contributed by atoms with Gasteiger partial charge in [-0.2, -0.15) is 8.78 Å². The fourth-order valence-corrected chi connectivity index (χ4v) is 4.65. The number of hydrogen-bond acceptors (Lipinski definition) is 6. The van der Waals surface area contributed by atoms with Gasteiger partial charge in [-0.05, 0) is 48.4 Å². The van der Waals surface area contributed by atoms with E-state index in [0.717, 1.165) is 17.8 Å². The van der Waals surface area contributed by atoms with Crippen molar-refractivity contribution in [3.8, 4) is 11.1 Å². The second-order valence-corrected chi connectivity index (χ2v) is 9.29. The molecule has 0 bridgehead atoms. The Morgan fingerprint density at radius 2 is 2.00 bits per heavy atom. The molecule has 1 fully saturated rings. The molecule has 2 N–H and O–H groups in total. The van der Waals surface area contributed by atoms with E-state index < -0.39 is 35.6 Å². The Balaban J connectivity index is 1.47. The van der Waals surface area contributed by atoms with E-state index in [1.165, 1.54) is 17.2 Å². The maximum atomic E-state index is 14.8. The van der Waals surface area contributed by atoms with E-state index in [1.807, 2.05) is 6.92 Å². The van der Waals surface area contributed by atoms with Gasteiger partial charge in [0.05, 0.1) is 24.6 Å². The summed E-state index contributed by atoms with van der Waals surface area (Å²) in [5.74, 6) is -7.20. The lowest BCUT2D eigenvalue weighted by Crippen LogP contribution is -2.60. The van der Waals surface area contributed by atoms with Gasteiger partial charge in [0.15, 0.2) is 6.10 Å². The number of rotatable bonds is 4.